The number of carbonyl (C=O) groups is 1. The molecular weight excluding hydrogens is 254 g/mol. The summed E-state index contributed by atoms with van der Waals surface area (Å²) in [7, 11) is 0. The van der Waals surface area contributed by atoms with Gasteiger partial charge in [0.15, 0.2) is 6.29 Å². The number of fused-ring (bicyclic) bond motifs is 1. The average molecular weight is 265 g/mol. The van der Waals surface area contributed by atoms with Crippen LogP contribution in [-0.2, 0) is 13.1 Å². The van der Waals surface area contributed by atoms with E-state index in [1.807, 2.05) is 34.9 Å². The highest BCUT2D eigenvalue weighted by atomic mass is 16.1. The highest BCUT2D eigenvalue weighted by Crippen LogP contribution is 2.20. The van der Waals surface area contributed by atoms with Crippen molar-refractivity contribution < 1.29 is 4.79 Å². The van der Waals surface area contributed by atoms with Gasteiger partial charge in [0.1, 0.15) is 12.2 Å². The van der Waals surface area contributed by atoms with E-state index in [1.54, 1.807) is 12.4 Å². The average Bonchev–Trinajstić information content (AvgIpc) is 3.05. The van der Waals surface area contributed by atoms with Crippen LogP contribution in [0.3, 0.4) is 0 Å². The van der Waals surface area contributed by atoms with Crippen molar-refractivity contribution in [3.8, 4) is 6.07 Å². The van der Waals surface area contributed by atoms with Gasteiger partial charge in [0.05, 0.1) is 18.8 Å². The number of benzene rings is 1. The number of aromatic nitrogens is 4. The smallest absolute Gasteiger partial charge is 0.152 e. The molecule has 0 N–H and O–H groups in total. The summed E-state index contributed by atoms with van der Waals surface area (Å²) in [5.41, 5.74) is 2.38. The van der Waals surface area contributed by atoms with E-state index in [1.165, 1.54) is 4.68 Å². The summed E-state index contributed by atoms with van der Waals surface area (Å²) in [6.45, 7) is 0.693. The van der Waals surface area contributed by atoms with E-state index in [0.29, 0.717) is 12.1 Å². The molecule has 0 aliphatic carbocycles. The second-order valence-corrected chi connectivity index (χ2v) is 4.41. The van der Waals surface area contributed by atoms with E-state index >= 15 is 0 Å². The van der Waals surface area contributed by atoms with Crippen LogP contribution in [-0.4, -0.2) is 25.8 Å². The Morgan fingerprint density at radius 2 is 2.15 bits per heavy atom. The number of rotatable bonds is 4. The Morgan fingerprint density at radius 1 is 1.30 bits per heavy atom. The molecule has 3 rings (SSSR count). The minimum atomic E-state index is 0.180. The molecule has 20 heavy (non-hydrogen) atoms. The third-order valence-electron chi connectivity index (χ3n) is 3.10. The van der Waals surface area contributed by atoms with Gasteiger partial charge in [0, 0.05) is 22.7 Å². The van der Waals surface area contributed by atoms with E-state index in [-0.39, 0.29) is 6.54 Å². The fourth-order valence-corrected chi connectivity index (χ4v) is 2.24. The maximum Gasteiger partial charge on any atom is 0.152 e. The first-order valence-electron chi connectivity index (χ1n) is 6.11. The summed E-state index contributed by atoms with van der Waals surface area (Å²) in [6.07, 6.45) is 4.39. The Hall–Kier alpha value is -2.94. The molecule has 3 aromatic rings. The zero-order chi connectivity index (χ0) is 13.9. The molecule has 0 radical (unpaired) electrons. The first-order chi connectivity index (χ1) is 9.81. The molecular formula is C14H11N5O. The van der Waals surface area contributed by atoms with E-state index in [0.717, 1.165) is 22.9 Å². The molecule has 0 fully saturated rings. The van der Waals surface area contributed by atoms with Crippen molar-refractivity contribution in [2.75, 3.05) is 0 Å². The van der Waals surface area contributed by atoms with Crippen LogP contribution in [0.4, 0.5) is 0 Å². The van der Waals surface area contributed by atoms with E-state index in [2.05, 4.69) is 10.3 Å². The number of carbonyl (C=O) groups excluding carboxylic acids is 1. The molecule has 2 heterocycles. The van der Waals surface area contributed by atoms with Crippen LogP contribution in [0.25, 0.3) is 10.9 Å². The van der Waals surface area contributed by atoms with Crippen molar-refractivity contribution in [1.29, 1.82) is 5.26 Å². The molecule has 0 aliphatic rings. The predicted molar refractivity (Wildman–Crippen MR) is 72.1 cm³/mol. The van der Waals surface area contributed by atoms with Crippen LogP contribution in [0.1, 0.15) is 16.1 Å². The number of nitriles is 1. The number of hydrogen-bond donors (Lipinski definition) is 0. The van der Waals surface area contributed by atoms with Gasteiger partial charge in [-0.3, -0.25) is 4.79 Å². The van der Waals surface area contributed by atoms with Gasteiger partial charge >= 0.3 is 0 Å². The molecule has 0 unspecified atom stereocenters. The van der Waals surface area contributed by atoms with Crippen molar-refractivity contribution >= 4 is 17.2 Å². The van der Waals surface area contributed by atoms with Crippen LogP contribution < -0.4 is 0 Å². The summed E-state index contributed by atoms with van der Waals surface area (Å²) >= 11 is 0. The predicted octanol–water partition coefficient (Wildman–Crippen LogP) is 1.62. The SMILES string of the molecule is N#CCn1cc(Cn2cc(C=O)c3ccccc32)nn1. The molecule has 98 valence electrons. The van der Waals surface area contributed by atoms with Crippen molar-refractivity contribution in [3.63, 3.8) is 0 Å². The van der Waals surface area contributed by atoms with Gasteiger partial charge in [0.2, 0.25) is 0 Å². The second kappa shape index (κ2) is 4.97. The van der Waals surface area contributed by atoms with E-state index in [4.69, 9.17) is 5.26 Å². The Balaban J connectivity index is 1.98. The Morgan fingerprint density at radius 3 is 2.95 bits per heavy atom. The van der Waals surface area contributed by atoms with Crippen LogP contribution in [0, 0.1) is 11.3 Å². The maximum absolute atomic E-state index is 11.1. The quantitative estimate of drug-likeness (QED) is 0.671. The first-order valence-corrected chi connectivity index (χ1v) is 6.11. The molecule has 0 saturated carbocycles. The summed E-state index contributed by atoms with van der Waals surface area (Å²) < 4.78 is 3.45. The molecule has 2 aromatic heterocycles. The third kappa shape index (κ3) is 2.06. The largest absolute Gasteiger partial charge is 0.341 e. The lowest BCUT2D eigenvalue weighted by atomic mass is 10.2. The van der Waals surface area contributed by atoms with Gasteiger partial charge in [-0.25, -0.2) is 4.68 Å². The standard InChI is InChI=1S/C14H11N5O/c15-5-6-19-9-12(16-17-19)8-18-7-11(10-20)13-3-1-2-4-14(13)18/h1-4,7,9-10H,6,8H2. The van der Waals surface area contributed by atoms with Crippen molar-refractivity contribution in [3.05, 3.63) is 47.9 Å². The van der Waals surface area contributed by atoms with Gasteiger partial charge in [-0.05, 0) is 6.07 Å². The Labute approximate surface area is 114 Å². The lowest BCUT2D eigenvalue weighted by molar-refractivity contribution is 0.112. The monoisotopic (exact) mass is 265 g/mol. The first kappa shape index (κ1) is 12.1. The third-order valence-corrected chi connectivity index (χ3v) is 3.10. The molecule has 1 aromatic carbocycles. The molecule has 0 bridgehead atoms. The van der Waals surface area contributed by atoms with Crippen LogP contribution in [0.15, 0.2) is 36.7 Å². The molecule has 6 nitrogen and oxygen atoms in total. The zero-order valence-electron chi connectivity index (χ0n) is 10.6. The Bertz CT molecular complexity index is 808. The molecule has 0 amide bonds. The van der Waals surface area contributed by atoms with Gasteiger partial charge in [0.25, 0.3) is 0 Å². The molecule has 6 heteroatoms. The van der Waals surface area contributed by atoms with Crippen molar-refractivity contribution in [1.82, 2.24) is 19.6 Å². The Kier molecular flexibility index (Phi) is 3.01. The van der Waals surface area contributed by atoms with Crippen molar-refractivity contribution in [2.45, 2.75) is 13.1 Å². The fraction of sp³-hybridized carbons (Fsp3) is 0.143. The minimum absolute atomic E-state index is 0.180. The van der Waals surface area contributed by atoms with E-state index < -0.39 is 0 Å². The van der Waals surface area contributed by atoms with Crippen molar-refractivity contribution in [2.24, 2.45) is 0 Å². The van der Waals surface area contributed by atoms with Gasteiger partial charge < -0.3 is 4.57 Å². The minimum Gasteiger partial charge on any atom is -0.341 e. The maximum atomic E-state index is 11.1. The van der Waals surface area contributed by atoms with Gasteiger partial charge in [-0.2, -0.15) is 5.26 Å². The lowest BCUT2D eigenvalue weighted by Crippen LogP contribution is -1.98. The fourth-order valence-electron chi connectivity index (χ4n) is 2.24. The summed E-state index contributed by atoms with van der Waals surface area (Å²) in [6, 6.07) is 9.73. The van der Waals surface area contributed by atoms with Gasteiger partial charge in [-0.1, -0.05) is 23.4 Å². The van der Waals surface area contributed by atoms with Gasteiger partial charge in [-0.15, -0.1) is 5.10 Å². The number of nitrogens with zero attached hydrogens (tertiary/aromatic N) is 5. The lowest BCUT2D eigenvalue weighted by Gasteiger charge is -2.01. The molecule has 0 atom stereocenters. The van der Waals surface area contributed by atoms with Crippen LogP contribution in [0.5, 0.6) is 0 Å². The van der Waals surface area contributed by atoms with Crippen LogP contribution >= 0.6 is 0 Å². The summed E-state index contributed by atoms with van der Waals surface area (Å²) in [4.78, 5) is 11.1. The summed E-state index contributed by atoms with van der Waals surface area (Å²) in [5, 5.41) is 17.4. The second-order valence-electron chi connectivity index (χ2n) is 4.41. The molecule has 0 saturated heterocycles. The zero-order valence-corrected chi connectivity index (χ0v) is 10.6. The topological polar surface area (TPSA) is 76.5 Å². The number of para-hydroxylation sites is 1. The number of hydrogen-bond acceptors (Lipinski definition) is 4. The van der Waals surface area contributed by atoms with Crippen LogP contribution in [0.2, 0.25) is 0 Å². The summed E-state index contributed by atoms with van der Waals surface area (Å²) in [5.74, 6) is 0. The molecule has 0 aliphatic heterocycles. The highest BCUT2D eigenvalue weighted by molar-refractivity contribution is 5.97. The van der Waals surface area contributed by atoms with E-state index in [9.17, 15) is 4.79 Å². The highest BCUT2D eigenvalue weighted by Gasteiger charge is 2.09. The molecule has 0 spiro atoms. The number of aldehydes is 1. The normalized spacial score (nSPS) is 10.6.